The van der Waals surface area contributed by atoms with E-state index in [1.54, 1.807) is 0 Å². The molecule has 0 saturated carbocycles. The largest absolute Gasteiger partial charge is 0.332 e. The number of nitrogens with zero attached hydrogens (tertiary/aromatic N) is 2. The third-order valence-corrected chi connectivity index (χ3v) is 3.15. The number of hydrogen-bond acceptors (Lipinski definition) is 2. The molecule has 0 radical (unpaired) electrons. The van der Waals surface area contributed by atoms with Crippen molar-refractivity contribution in [2.75, 3.05) is 5.32 Å². The molecule has 0 saturated heterocycles. The Bertz CT molecular complexity index is 728. The van der Waals surface area contributed by atoms with Crippen molar-refractivity contribution < 1.29 is 4.79 Å². The van der Waals surface area contributed by atoms with E-state index in [2.05, 4.69) is 15.6 Å². The van der Waals surface area contributed by atoms with Crippen molar-refractivity contribution in [1.82, 2.24) is 14.7 Å². The number of fused-ring (bicyclic) bond motifs is 1. The molecule has 21 heavy (non-hydrogen) atoms. The Morgan fingerprint density at radius 2 is 2.00 bits per heavy atom. The van der Waals surface area contributed by atoms with Crippen molar-refractivity contribution in [2.24, 2.45) is 0 Å². The molecule has 0 aliphatic heterocycles. The predicted molar refractivity (Wildman–Crippen MR) is 82.2 cm³/mol. The maximum Gasteiger partial charge on any atom is 0.319 e. The third-order valence-electron chi connectivity index (χ3n) is 3.15. The summed E-state index contributed by atoms with van der Waals surface area (Å²) in [5.41, 5.74) is 3.62. The van der Waals surface area contributed by atoms with E-state index in [0.717, 1.165) is 22.6 Å². The van der Waals surface area contributed by atoms with Gasteiger partial charge in [-0.05, 0) is 31.2 Å². The minimum Gasteiger partial charge on any atom is -0.332 e. The number of aromatic nitrogens is 2. The van der Waals surface area contributed by atoms with E-state index in [0.29, 0.717) is 6.54 Å². The van der Waals surface area contributed by atoms with Crippen LogP contribution >= 0.6 is 0 Å². The zero-order chi connectivity index (χ0) is 14.7. The van der Waals surface area contributed by atoms with Gasteiger partial charge in [0.1, 0.15) is 5.65 Å². The molecule has 106 valence electrons. The van der Waals surface area contributed by atoms with Gasteiger partial charge < -0.3 is 15.0 Å². The Balaban J connectivity index is 1.59. The Kier molecular flexibility index (Phi) is 3.55. The Hall–Kier alpha value is -2.82. The lowest BCUT2D eigenvalue weighted by atomic mass is 10.2. The topological polar surface area (TPSA) is 58.4 Å². The molecule has 3 aromatic rings. The molecule has 0 unspecified atom stereocenters. The number of carbonyl (C=O) groups is 1. The van der Waals surface area contributed by atoms with E-state index in [1.807, 2.05) is 66.2 Å². The molecule has 2 N–H and O–H groups in total. The summed E-state index contributed by atoms with van der Waals surface area (Å²) in [6.45, 7) is 2.40. The number of pyridine rings is 1. The van der Waals surface area contributed by atoms with Crippen molar-refractivity contribution in [2.45, 2.75) is 13.5 Å². The molecule has 3 rings (SSSR count). The van der Waals surface area contributed by atoms with Crippen LogP contribution in [0.1, 0.15) is 11.3 Å². The molecule has 2 heterocycles. The molecular formula is C16H16N4O. The third kappa shape index (κ3) is 3.20. The summed E-state index contributed by atoms with van der Waals surface area (Å²) in [5, 5.41) is 5.59. The summed E-state index contributed by atoms with van der Waals surface area (Å²) in [5.74, 6) is 0. The fourth-order valence-corrected chi connectivity index (χ4v) is 2.06. The SMILES string of the molecule is Cc1ccc(NC(=O)NCc2cn3ccccc3n2)cc1. The summed E-state index contributed by atoms with van der Waals surface area (Å²) < 4.78 is 1.93. The fraction of sp³-hybridized carbons (Fsp3) is 0.125. The Morgan fingerprint density at radius 1 is 1.19 bits per heavy atom. The number of amides is 2. The smallest absolute Gasteiger partial charge is 0.319 e. The van der Waals surface area contributed by atoms with Gasteiger partial charge in [0.25, 0.3) is 0 Å². The molecule has 5 heteroatoms. The molecule has 1 aromatic carbocycles. The summed E-state index contributed by atoms with van der Waals surface area (Å²) in [6, 6.07) is 13.2. The van der Waals surface area contributed by atoms with Crippen LogP contribution in [0.3, 0.4) is 0 Å². The Morgan fingerprint density at radius 3 is 2.76 bits per heavy atom. The van der Waals surface area contributed by atoms with E-state index in [4.69, 9.17) is 0 Å². The molecular weight excluding hydrogens is 264 g/mol. The van der Waals surface area contributed by atoms with Crippen molar-refractivity contribution in [3.8, 4) is 0 Å². The maximum absolute atomic E-state index is 11.8. The van der Waals surface area contributed by atoms with Crippen LogP contribution in [0.15, 0.2) is 54.9 Å². The highest BCUT2D eigenvalue weighted by Gasteiger charge is 2.04. The van der Waals surface area contributed by atoms with E-state index in [-0.39, 0.29) is 6.03 Å². The Labute approximate surface area is 122 Å². The number of imidazole rings is 1. The number of hydrogen-bond donors (Lipinski definition) is 2. The molecule has 0 atom stereocenters. The van der Waals surface area contributed by atoms with Crippen LogP contribution in [0.2, 0.25) is 0 Å². The number of aryl methyl sites for hydroxylation is 1. The normalized spacial score (nSPS) is 10.5. The second-order valence-corrected chi connectivity index (χ2v) is 4.87. The standard InChI is InChI=1S/C16H16N4O/c1-12-5-7-13(8-6-12)19-16(21)17-10-14-11-20-9-3-2-4-15(20)18-14/h2-9,11H,10H2,1H3,(H2,17,19,21). The zero-order valence-electron chi connectivity index (χ0n) is 11.7. The van der Waals surface area contributed by atoms with Crippen LogP contribution in [0.5, 0.6) is 0 Å². The second kappa shape index (κ2) is 5.66. The molecule has 0 spiro atoms. The summed E-state index contributed by atoms with van der Waals surface area (Å²) in [4.78, 5) is 16.3. The fourth-order valence-electron chi connectivity index (χ4n) is 2.06. The lowest BCUT2D eigenvalue weighted by molar-refractivity contribution is 0.251. The first-order valence-electron chi connectivity index (χ1n) is 6.75. The van der Waals surface area contributed by atoms with Crippen molar-refractivity contribution in [3.63, 3.8) is 0 Å². The van der Waals surface area contributed by atoms with Crippen LogP contribution in [-0.4, -0.2) is 15.4 Å². The number of carbonyl (C=O) groups excluding carboxylic acids is 1. The van der Waals surface area contributed by atoms with Gasteiger partial charge in [-0.25, -0.2) is 9.78 Å². The quantitative estimate of drug-likeness (QED) is 0.775. The van der Waals surface area contributed by atoms with Gasteiger partial charge in [0.05, 0.1) is 12.2 Å². The van der Waals surface area contributed by atoms with E-state index < -0.39 is 0 Å². The van der Waals surface area contributed by atoms with Gasteiger partial charge in [0.2, 0.25) is 0 Å². The van der Waals surface area contributed by atoms with Crippen LogP contribution < -0.4 is 10.6 Å². The van der Waals surface area contributed by atoms with Crippen molar-refractivity contribution >= 4 is 17.4 Å². The number of anilines is 1. The number of urea groups is 1. The zero-order valence-corrected chi connectivity index (χ0v) is 11.7. The minimum atomic E-state index is -0.240. The van der Waals surface area contributed by atoms with Crippen molar-refractivity contribution in [3.05, 3.63) is 66.1 Å². The number of benzene rings is 1. The first kappa shape index (κ1) is 13.2. The molecule has 0 aliphatic rings. The van der Waals surface area contributed by atoms with Crippen LogP contribution in [-0.2, 0) is 6.54 Å². The lowest BCUT2D eigenvalue weighted by Gasteiger charge is -2.06. The van der Waals surface area contributed by atoms with Gasteiger partial charge in [-0.1, -0.05) is 23.8 Å². The predicted octanol–water partition coefficient (Wildman–Crippen LogP) is 2.96. The van der Waals surface area contributed by atoms with E-state index >= 15 is 0 Å². The summed E-state index contributed by atoms with van der Waals surface area (Å²) in [7, 11) is 0. The monoisotopic (exact) mass is 280 g/mol. The molecule has 0 aliphatic carbocycles. The summed E-state index contributed by atoms with van der Waals surface area (Å²) >= 11 is 0. The maximum atomic E-state index is 11.8. The van der Waals surface area contributed by atoms with Gasteiger partial charge >= 0.3 is 6.03 Å². The highest BCUT2D eigenvalue weighted by Crippen LogP contribution is 2.08. The van der Waals surface area contributed by atoms with Gasteiger partial charge in [-0.2, -0.15) is 0 Å². The average molecular weight is 280 g/mol. The van der Waals surface area contributed by atoms with Gasteiger partial charge in [-0.3, -0.25) is 0 Å². The van der Waals surface area contributed by atoms with Gasteiger partial charge in [0, 0.05) is 18.1 Å². The first-order valence-corrected chi connectivity index (χ1v) is 6.75. The molecule has 0 fully saturated rings. The van der Waals surface area contributed by atoms with E-state index in [1.165, 1.54) is 0 Å². The highest BCUT2D eigenvalue weighted by molar-refractivity contribution is 5.89. The lowest BCUT2D eigenvalue weighted by Crippen LogP contribution is -2.28. The van der Waals surface area contributed by atoms with Gasteiger partial charge in [0.15, 0.2) is 0 Å². The number of nitrogens with one attached hydrogen (secondary N) is 2. The van der Waals surface area contributed by atoms with Crippen molar-refractivity contribution in [1.29, 1.82) is 0 Å². The van der Waals surface area contributed by atoms with Crippen LogP contribution in [0.4, 0.5) is 10.5 Å². The first-order chi connectivity index (χ1) is 10.2. The molecule has 2 amide bonds. The summed E-state index contributed by atoms with van der Waals surface area (Å²) in [6.07, 6.45) is 3.83. The minimum absolute atomic E-state index is 0.240. The molecule has 5 nitrogen and oxygen atoms in total. The molecule has 2 aromatic heterocycles. The second-order valence-electron chi connectivity index (χ2n) is 4.87. The van der Waals surface area contributed by atoms with Crippen LogP contribution in [0.25, 0.3) is 5.65 Å². The van der Waals surface area contributed by atoms with Gasteiger partial charge in [-0.15, -0.1) is 0 Å². The molecule has 0 bridgehead atoms. The van der Waals surface area contributed by atoms with E-state index in [9.17, 15) is 4.79 Å². The van der Waals surface area contributed by atoms with Crippen LogP contribution in [0, 0.1) is 6.92 Å². The number of rotatable bonds is 3. The average Bonchev–Trinajstić information content (AvgIpc) is 2.90. The highest BCUT2D eigenvalue weighted by atomic mass is 16.2.